The third kappa shape index (κ3) is 2.43. The molecule has 1 saturated carbocycles. The van der Waals surface area contributed by atoms with E-state index in [4.69, 9.17) is 5.11 Å². The molecule has 1 atom stereocenters. The lowest BCUT2D eigenvalue weighted by atomic mass is 9.74. The molecule has 1 aliphatic rings. The van der Waals surface area contributed by atoms with Gasteiger partial charge in [0.25, 0.3) is 0 Å². The standard InChI is InChI=1S/C14H18O2/c1-10(12-5-3-6-12)13-7-2-4-11(8-13)9-14(15)16/h2,4,7-8,10,12H,3,5-6,9H2,1H3,(H,15,16). The molecule has 0 heterocycles. The molecule has 0 aliphatic heterocycles. The highest BCUT2D eigenvalue weighted by Crippen LogP contribution is 2.38. The number of carbonyl (C=O) groups is 1. The summed E-state index contributed by atoms with van der Waals surface area (Å²) in [7, 11) is 0. The summed E-state index contributed by atoms with van der Waals surface area (Å²) in [5.74, 6) is 0.621. The van der Waals surface area contributed by atoms with Crippen LogP contribution in [-0.2, 0) is 11.2 Å². The molecule has 2 heteroatoms. The summed E-state index contributed by atoms with van der Waals surface area (Å²) in [6.07, 6.45) is 4.13. The average Bonchev–Trinajstić information content (AvgIpc) is 2.14. The number of rotatable bonds is 4. The molecule has 86 valence electrons. The molecule has 1 fully saturated rings. The quantitative estimate of drug-likeness (QED) is 0.842. The highest BCUT2D eigenvalue weighted by Gasteiger charge is 2.24. The number of carboxylic acid groups (broad SMARTS) is 1. The highest BCUT2D eigenvalue weighted by molar-refractivity contribution is 5.70. The number of hydrogen-bond acceptors (Lipinski definition) is 1. The molecular formula is C14H18O2. The van der Waals surface area contributed by atoms with Crippen molar-refractivity contribution in [3.05, 3.63) is 35.4 Å². The van der Waals surface area contributed by atoms with Gasteiger partial charge >= 0.3 is 5.97 Å². The van der Waals surface area contributed by atoms with Crippen LogP contribution in [0.3, 0.4) is 0 Å². The summed E-state index contributed by atoms with van der Waals surface area (Å²) >= 11 is 0. The van der Waals surface area contributed by atoms with E-state index in [1.807, 2.05) is 12.1 Å². The van der Waals surface area contributed by atoms with Crippen molar-refractivity contribution in [1.82, 2.24) is 0 Å². The van der Waals surface area contributed by atoms with Gasteiger partial charge in [-0.1, -0.05) is 37.6 Å². The maximum Gasteiger partial charge on any atom is 0.307 e. The van der Waals surface area contributed by atoms with Gasteiger partial charge in [-0.3, -0.25) is 4.79 Å². The van der Waals surface area contributed by atoms with E-state index in [1.54, 1.807) is 0 Å². The lowest BCUT2D eigenvalue weighted by Crippen LogP contribution is -2.18. The van der Waals surface area contributed by atoms with Crippen LogP contribution in [0.1, 0.15) is 43.2 Å². The van der Waals surface area contributed by atoms with Crippen LogP contribution in [0.25, 0.3) is 0 Å². The summed E-state index contributed by atoms with van der Waals surface area (Å²) < 4.78 is 0. The number of carboxylic acids is 1. The van der Waals surface area contributed by atoms with Gasteiger partial charge in [0, 0.05) is 0 Å². The summed E-state index contributed by atoms with van der Waals surface area (Å²) in [5.41, 5.74) is 2.21. The summed E-state index contributed by atoms with van der Waals surface area (Å²) in [4.78, 5) is 10.7. The molecule has 0 bridgehead atoms. The van der Waals surface area contributed by atoms with Crippen LogP contribution >= 0.6 is 0 Å². The van der Waals surface area contributed by atoms with Crippen molar-refractivity contribution in [1.29, 1.82) is 0 Å². The third-order valence-corrected chi connectivity index (χ3v) is 3.69. The second-order valence-electron chi connectivity index (χ2n) is 4.80. The molecule has 1 aromatic rings. The second-order valence-corrected chi connectivity index (χ2v) is 4.80. The van der Waals surface area contributed by atoms with Gasteiger partial charge < -0.3 is 5.11 Å². The fourth-order valence-electron chi connectivity index (χ4n) is 2.37. The van der Waals surface area contributed by atoms with Crippen molar-refractivity contribution in [3.63, 3.8) is 0 Å². The van der Waals surface area contributed by atoms with Crippen molar-refractivity contribution < 1.29 is 9.90 Å². The smallest absolute Gasteiger partial charge is 0.307 e. The van der Waals surface area contributed by atoms with Crippen molar-refractivity contribution in [2.45, 2.75) is 38.5 Å². The topological polar surface area (TPSA) is 37.3 Å². The van der Waals surface area contributed by atoms with Crippen LogP contribution in [0.4, 0.5) is 0 Å². The second kappa shape index (κ2) is 4.69. The Bertz CT molecular complexity index is 380. The van der Waals surface area contributed by atoms with Gasteiger partial charge in [0.2, 0.25) is 0 Å². The summed E-state index contributed by atoms with van der Waals surface area (Å²) in [6, 6.07) is 8.04. The monoisotopic (exact) mass is 218 g/mol. The van der Waals surface area contributed by atoms with Gasteiger partial charge in [-0.15, -0.1) is 0 Å². The van der Waals surface area contributed by atoms with Crippen LogP contribution in [0.5, 0.6) is 0 Å². The molecule has 2 nitrogen and oxygen atoms in total. The van der Waals surface area contributed by atoms with Crippen LogP contribution in [0, 0.1) is 5.92 Å². The predicted octanol–water partition coefficient (Wildman–Crippen LogP) is 3.22. The normalized spacial score (nSPS) is 17.8. The van der Waals surface area contributed by atoms with E-state index >= 15 is 0 Å². The Hall–Kier alpha value is -1.31. The number of benzene rings is 1. The zero-order valence-electron chi connectivity index (χ0n) is 9.65. The first-order valence-electron chi connectivity index (χ1n) is 5.97. The molecule has 0 saturated heterocycles. The minimum absolute atomic E-state index is 0.130. The Kier molecular flexibility index (Phi) is 3.28. The lowest BCUT2D eigenvalue weighted by Gasteiger charge is -2.31. The van der Waals surface area contributed by atoms with Crippen LogP contribution in [0.2, 0.25) is 0 Å². The molecule has 1 aromatic carbocycles. The summed E-state index contributed by atoms with van der Waals surface area (Å²) in [6.45, 7) is 2.25. The van der Waals surface area contributed by atoms with E-state index in [2.05, 4.69) is 19.1 Å². The maximum absolute atomic E-state index is 10.7. The van der Waals surface area contributed by atoms with Crippen molar-refractivity contribution in [2.75, 3.05) is 0 Å². The maximum atomic E-state index is 10.7. The summed E-state index contributed by atoms with van der Waals surface area (Å²) in [5, 5.41) is 8.76. The zero-order valence-corrected chi connectivity index (χ0v) is 9.65. The van der Waals surface area contributed by atoms with Crippen LogP contribution in [0.15, 0.2) is 24.3 Å². The SMILES string of the molecule is CC(c1cccc(CC(=O)O)c1)C1CCC1. The highest BCUT2D eigenvalue weighted by atomic mass is 16.4. The first kappa shape index (κ1) is 11.2. The molecule has 0 radical (unpaired) electrons. The van der Waals surface area contributed by atoms with Gasteiger partial charge in [0.05, 0.1) is 6.42 Å². The van der Waals surface area contributed by atoms with Gasteiger partial charge in [0.1, 0.15) is 0 Å². The fourth-order valence-corrected chi connectivity index (χ4v) is 2.37. The average molecular weight is 218 g/mol. The Balaban J connectivity index is 2.11. The minimum atomic E-state index is -0.756. The van der Waals surface area contributed by atoms with E-state index in [0.717, 1.165) is 11.5 Å². The minimum Gasteiger partial charge on any atom is -0.481 e. The zero-order chi connectivity index (χ0) is 11.5. The van der Waals surface area contributed by atoms with E-state index in [-0.39, 0.29) is 6.42 Å². The van der Waals surface area contributed by atoms with Gasteiger partial charge in [-0.05, 0) is 35.8 Å². The molecule has 16 heavy (non-hydrogen) atoms. The Morgan fingerprint density at radius 3 is 2.81 bits per heavy atom. The molecule has 0 aromatic heterocycles. The Morgan fingerprint density at radius 2 is 2.25 bits per heavy atom. The molecule has 1 unspecified atom stereocenters. The van der Waals surface area contributed by atoms with Gasteiger partial charge in [-0.25, -0.2) is 0 Å². The van der Waals surface area contributed by atoms with Crippen LogP contribution in [-0.4, -0.2) is 11.1 Å². The van der Waals surface area contributed by atoms with E-state index < -0.39 is 5.97 Å². The largest absolute Gasteiger partial charge is 0.481 e. The first-order chi connectivity index (χ1) is 7.66. The molecule has 0 amide bonds. The van der Waals surface area contributed by atoms with Crippen molar-refractivity contribution in [3.8, 4) is 0 Å². The van der Waals surface area contributed by atoms with Crippen molar-refractivity contribution >= 4 is 5.97 Å². The van der Waals surface area contributed by atoms with E-state index in [0.29, 0.717) is 5.92 Å². The molecular weight excluding hydrogens is 200 g/mol. The van der Waals surface area contributed by atoms with Gasteiger partial charge in [-0.2, -0.15) is 0 Å². The Labute approximate surface area is 96.3 Å². The Morgan fingerprint density at radius 1 is 1.50 bits per heavy atom. The first-order valence-corrected chi connectivity index (χ1v) is 5.97. The fraction of sp³-hybridized carbons (Fsp3) is 0.500. The van der Waals surface area contributed by atoms with Crippen molar-refractivity contribution in [2.24, 2.45) is 5.92 Å². The van der Waals surface area contributed by atoms with Gasteiger partial charge in [0.15, 0.2) is 0 Å². The molecule has 1 aliphatic carbocycles. The predicted molar refractivity (Wildman–Crippen MR) is 63.5 cm³/mol. The van der Waals surface area contributed by atoms with E-state index in [1.165, 1.54) is 24.8 Å². The van der Waals surface area contributed by atoms with Crippen LogP contribution < -0.4 is 0 Å². The molecule has 2 rings (SSSR count). The van der Waals surface area contributed by atoms with E-state index in [9.17, 15) is 4.79 Å². The lowest BCUT2D eigenvalue weighted by molar-refractivity contribution is -0.136. The molecule has 0 spiro atoms. The number of hydrogen-bond donors (Lipinski definition) is 1. The third-order valence-electron chi connectivity index (χ3n) is 3.69. The number of aliphatic carboxylic acids is 1. The molecule has 1 N–H and O–H groups in total.